The second-order valence-electron chi connectivity index (χ2n) is 5.78. The quantitative estimate of drug-likeness (QED) is 0.735. The van der Waals surface area contributed by atoms with Gasteiger partial charge in [-0.15, -0.1) is 0 Å². The van der Waals surface area contributed by atoms with E-state index in [1.54, 1.807) is 0 Å². The van der Waals surface area contributed by atoms with Crippen molar-refractivity contribution in [2.45, 2.75) is 26.2 Å². The molecule has 3 nitrogen and oxygen atoms in total. The molecule has 0 aliphatic carbocycles. The lowest BCUT2D eigenvalue weighted by Crippen LogP contribution is -2.11. The van der Waals surface area contributed by atoms with E-state index in [0.29, 0.717) is 18.4 Å². The van der Waals surface area contributed by atoms with Gasteiger partial charge in [-0.3, -0.25) is 0 Å². The number of aliphatic hydroxyl groups excluding tert-OH is 1. The Labute approximate surface area is 135 Å². The van der Waals surface area contributed by atoms with Crippen LogP contribution in [0.2, 0.25) is 0 Å². The first-order valence-electron chi connectivity index (χ1n) is 7.89. The number of fused-ring (bicyclic) bond motifs is 1. The largest absolute Gasteiger partial charge is 0.423 e. The Bertz CT molecular complexity index is 863. The molecule has 0 saturated carbocycles. The summed E-state index contributed by atoms with van der Waals surface area (Å²) in [6.07, 6.45) is 2.06. The highest BCUT2D eigenvalue weighted by Crippen LogP contribution is 2.22. The predicted molar refractivity (Wildman–Crippen MR) is 91.9 cm³/mol. The lowest BCUT2D eigenvalue weighted by Gasteiger charge is -2.09. The van der Waals surface area contributed by atoms with Gasteiger partial charge in [0.1, 0.15) is 5.58 Å². The van der Waals surface area contributed by atoms with E-state index in [4.69, 9.17) is 9.52 Å². The Morgan fingerprint density at radius 2 is 1.74 bits per heavy atom. The summed E-state index contributed by atoms with van der Waals surface area (Å²) in [7, 11) is 0. The Morgan fingerprint density at radius 1 is 0.957 bits per heavy atom. The van der Waals surface area contributed by atoms with Crippen molar-refractivity contribution in [2.75, 3.05) is 6.61 Å². The number of aryl methyl sites for hydroxylation is 2. The maximum Gasteiger partial charge on any atom is 0.339 e. The lowest BCUT2D eigenvalue weighted by molar-refractivity contribution is 0.299. The van der Waals surface area contributed by atoms with Gasteiger partial charge in [0.2, 0.25) is 0 Å². The van der Waals surface area contributed by atoms with Crippen LogP contribution in [0.4, 0.5) is 0 Å². The highest BCUT2D eigenvalue weighted by Gasteiger charge is 2.11. The zero-order valence-corrected chi connectivity index (χ0v) is 13.2. The average molecular weight is 308 g/mol. The van der Waals surface area contributed by atoms with E-state index in [1.807, 2.05) is 43.3 Å². The first-order valence-corrected chi connectivity index (χ1v) is 7.89. The number of hydrogen-bond donors (Lipinski definition) is 1. The number of aliphatic hydroxyl groups is 1. The van der Waals surface area contributed by atoms with Crippen molar-refractivity contribution in [1.82, 2.24) is 0 Å². The van der Waals surface area contributed by atoms with Gasteiger partial charge in [0.15, 0.2) is 0 Å². The fourth-order valence-corrected chi connectivity index (χ4v) is 2.93. The molecule has 0 aliphatic heterocycles. The van der Waals surface area contributed by atoms with Gasteiger partial charge < -0.3 is 9.52 Å². The van der Waals surface area contributed by atoms with Crippen LogP contribution in [0.1, 0.15) is 22.3 Å². The Hall–Kier alpha value is -2.39. The van der Waals surface area contributed by atoms with Crippen LogP contribution in [0.3, 0.4) is 0 Å². The summed E-state index contributed by atoms with van der Waals surface area (Å²) < 4.78 is 5.51. The lowest BCUT2D eigenvalue weighted by atomic mass is 9.99. The molecule has 0 bridgehead atoms. The third-order valence-electron chi connectivity index (χ3n) is 4.26. The predicted octanol–water partition coefficient (Wildman–Crippen LogP) is 3.42. The summed E-state index contributed by atoms with van der Waals surface area (Å²) in [5.74, 6) is 0. The molecular weight excluding hydrogens is 288 g/mol. The van der Waals surface area contributed by atoms with Crippen molar-refractivity contribution in [3.05, 3.63) is 81.2 Å². The van der Waals surface area contributed by atoms with Gasteiger partial charge >= 0.3 is 5.63 Å². The second kappa shape index (κ2) is 6.80. The van der Waals surface area contributed by atoms with Gasteiger partial charge in [0.05, 0.1) is 0 Å². The van der Waals surface area contributed by atoms with Crippen molar-refractivity contribution in [2.24, 2.45) is 0 Å². The second-order valence-corrected chi connectivity index (χ2v) is 5.78. The Kier molecular flexibility index (Phi) is 4.58. The van der Waals surface area contributed by atoms with E-state index in [1.165, 1.54) is 5.56 Å². The summed E-state index contributed by atoms with van der Waals surface area (Å²) in [6, 6.07) is 15.9. The van der Waals surface area contributed by atoms with Crippen LogP contribution in [0.15, 0.2) is 57.7 Å². The summed E-state index contributed by atoms with van der Waals surface area (Å²) in [4.78, 5) is 12.3. The van der Waals surface area contributed by atoms with Crippen LogP contribution in [-0.4, -0.2) is 11.7 Å². The van der Waals surface area contributed by atoms with Gasteiger partial charge in [-0.2, -0.15) is 0 Å². The van der Waals surface area contributed by atoms with E-state index in [0.717, 1.165) is 28.5 Å². The Morgan fingerprint density at radius 3 is 2.48 bits per heavy atom. The van der Waals surface area contributed by atoms with Crippen LogP contribution in [0.5, 0.6) is 0 Å². The molecule has 118 valence electrons. The van der Waals surface area contributed by atoms with Crippen molar-refractivity contribution < 1.29 is 9.52 Å². The summed E-state index contributed by atoms with van der Waals surface area (Å²) in [5, 5.41) is 10.00. The Balaban J connectivity index is 1.95. The maximum atomic E-state index is 12.3. The highest BCUT2D eigenvalue weighted by molar-refractivity contribution is 5.81. The minimum absolute atomic E-state index is 0.0872. The third kappa shape index (κ3) is 3.35. The molecule has 0 atom stereocenters. The minimum Gasteiger partial charge on any atom is -0.423 e. The van der Waals surface area contributed by atoms with Gasteiger partial charge in [0, 0.05) is 17.6 Å². The standard InChI is InChI=1S/C20H20O3/c1-14-17-9-8-16(11-12-21)13-19(17)23-20(22)18(14)10-7-15-5-3-2-4-6-15/h2-6,8-9,13,21H,7,10-12H2,1H3. The highest BCUT2D eigenvalue weighted by atomic mass is 16.4. The summed E-state index contributed by atoms with van der Waals surface area (Å²) >= 11 is 0. The van der Waals surface area contributed by atoms with Crippen molar-refractivity contribution in [3.63, 3.8) is 0 Å². The number of rotatable bonds is 5. The normalized spacial score (nSPS) is 11.0. The fourth-order valence-electron chi connectivity index (χ4n) is 2.93. The summed E-state index contributed by atoms with van der Waals surface area (Å²) in [6.45, 7) is 2.06. The zero-order chi connectivity index (χ0) is 16.2. The maximum absolute atomic E-state index is 12.3. The van der Waals surface area contributed by atoms with E-state index in [-0.39, 0.29) is 12.2 Å². The molecule has 0 saturated heterocycles. The van der Waals surface area contributed by atoms with E-state index in [2.05, 4.69) is 12.1 Å². The SMILES string of the molecule is Cc1c(CCc2ccccc2)c(=O)oc2cc(CCO)ccc12. The molecular formula is C20H20O3. The first-order chi connectivity index (χ1) is 11.2. The fraction of sp³-hybridized carbons (Fsp3) is 0.250. The monoisotopic (exact) mass is 308 g/mol. The van der Waals surface area contributed by atoms with E-state index < -0.39 is 0 Å². The van der Waals surface area contributed by atoms with Crippen molar-refractivity contribution in [1.29, 1.82) is 0 Å². The molecule has 23 heavy (non-hydrogen) atoms. The third-order valence-corrected chi connectivity index (χ3v) is 4.26. The van der Waals surface area contributed by atoms with Crippen LogP contribution >= 0.6 is 0 Å². The average Bonchev–Trinajstić information content (AvgIpc) is 2.55. The van der Waals surface area contributed by atoms with Gasteiger partial charge in [-0.05, 0) is 48.9 Å². The molecule has 0 aliphatic rings. The molecule has 0 radical (unpaired) electrons. The van der Waals surface area contributed by atoms with Gasteiger partial charge in [-0.1, -0.05) is 42.5 Å². The molecule has 0 fully saturated rings. The molecule has 0 spiro atoms. The van der Waals surface area contributed by atoms with Crippen molar-refractivity contribution in [3.8, 4) is 0 Å². The number of benzene rings is 2. The number of hydrogen-bond acceptors (Lipinski definition) is 3. The minimum atomic E-state index is -0.257. The van der Waals surface area contributed by atoms with E-state index in [9.17, 15) is 4.79 Å². The van der Waals surface area contributed by atoms with Crippen LogP contribution in [0.25, 0.3) is 11.0 Å². The van der Waals surface area contributed by atoms with Crippen LogP contribution in [-0.2, 0) is 19.3 Å². The van der Waals surface area contributed by atoms with Gasteiger partial charge in [0.25, 0.3) is 0 Å². The molecule has 1 N–H and O–H groups in total. The zero-order valence-electron chi connectivity index (χ0n) is 13.2. The molecule has 1 heterocycles. The molecule has 0 amide bonds. The topological polar surface area (TPSA) is 50.4 Å². The molecule has 1 aromatic heterocycles. The molecule has 3 aromatic rings. The van der Waals surface area contributed by atoms with Crippen LogP contribution in [0, 0.1) is 6.92 Å². The van der Waals surface area contributed by atoms with Crippen molar-refractivity contribution >= 4 is 11.0 Å². The van der Waals surface area contributed by atoms with E-state index >= 15 is 0 Å². The molecule has 3 heteroatoms. The van der Waals surface area contributed by atoms with Gasteiger partial charge in [-0.25, -0.2) is 4.79 Å². The molecule has 2 aromatic carbocycles. The smallest absolute Gasteiger partial charge is 0.339 e. The molecule has 0 unspecified atom stereocenters. The first kappa shape index (κ1) is 15.5. The molecule has 3 rings (SSSR count). The summed E-state index contributed by atoms with van der Waals surface area (Å²) in [5.41, 5.74) is 4.26. The van der Waals surface area contributed by atoms with Crippen LogP contribution < -0.4 is 5.63 Å².